The van der Waals surface area contributed by atoms with Gasteiger partial charge >= 0.3 is 0 Å². The molecule has 16 heavy (non-hydrogen) atoms. The number of hydrogen-bond donors (Lipinski definition) is 4. The van der Waals surface area contributed by atoms with Gasteiger partial charge in [-0.25, -0.2) is 4.39 Å². The van der Waals surface area contributed by atoms with Crippen LogP contribution < -0.4 is 0 Å². The minimum atomic E-state index is -1.40. The molecular formula is C11H15FO4. The van der Waals surface area contributed by atoms with Crippen LogP contribution in [0.15, 0.2) is 18.2 Å². The van der Waals surface area contributed by atoms with Crippen LogP contribution in [-0.4, -0.2) is 33.1 Å². The van der Waals surface area contributed by atoms with Gasteiger partial charge in [-0.05, 0) is 24.1 Å². The van der Waals surface area contributed by atoms with Gasteiger partial charge in [0.2, 0.25) is 0 Å². The monoisotopic (exact) mass is 230 g/mol. The standard InChI is InChI=1S/C11H15FO4/c12-9-2-1-7(6-14)5-8(9)11(16)10(15)3-4-13/h1-2,5,10-11,13-16H,3-4,6H2. The second-order valence-corrected chi connectivity index (χ2v) is 3.54. The van der Waals surface area contributed by atoms with Crippen LogP contribution in [0, 0.1) is 5.82 Å². The van der Waals surface area contributed by atoms with Gasteiger partial charge in [-0.15, -0.1) is 0 Å². The van der Waals surface area contributed by atoms with E-state index in [0.29, 0.717) is 5.56 Å². The fraction of sp³-hybridized carbons (Fsp3) is 0.455. The van der Waals surface area contributed by atoms with Gasteiger partial charge in [0.25, 0.3) is 0 Å². The van der Waals surface area contributed by atoms with Crippen molar-refractivity contribution < 1.29 is 24.8 Å². The zero-order chi connectivity index (χ0) is 12.1. The topological polar surface area (TPSA) is 80.9 Å². The lowest BCUT2D eigenvalue weighted by Crippen LogP contribution is -2.20. The number of aliphatic hydroxyl groups is 4. The molecule has 4 N–H and O–H groups in total. The van der Waals surface area contributed by atoms with Crippen LogP contribution >= 0.6 is 0 Å². The normalized spacial score (nSPS) is 14.8. The average Bonchev–Trinajstić information content (AvgIpc) is 2.29. The lowest BCUT2D eigenvalue weighted by atomic mass is 10.00. The third-order valence-corrected chi connectivity index (χ3v) is 2.35. The number of aliphatic hydroxyl groups excluding tert-OH is 4. The van der Waals surface area contributed by atoms with E-state index in [1.807, 2.05) is 0 Å². The first-order valence-electron chi connectivity index (χ1n) is 4.96. The van der Waals surface area contributed by atoms with Crippen molar-refractivity contribution in [2.24, 2.45) is 0 Å². The molecule has 1 aromatic rings. The maximum absolute atomic E-state index is 13.3. The van der Waals surface area contributed by atoms with Crippen LogP contribution in [0.1, 0.15) is 23.7 Å². The maximum atomic E-state index is 13.3. The first-order valence-corrected chi connectivity index (χ1v) is 4.96. The van der Waals surface area contributed by atoms with E-state index < -0.39 is 18.0 Å². The van der Waals surface area contributed by atoms with E-state index in [1.165, 1.54) is 12.1 Å². The Kier molecular flexibility index (Phi) is 4.82. The highest BCUT2D eigenvalue weighted by Gasteiger charge is 2.21. The van der Waals surface area contributed by atoms with E-state index in [9.17, 15) is 14.6 Å². The third-order valence-electron chi connectivity index (χ3n) is 2.35. The fourth-order valence-electron chi connectivity index (χ4n) is 1.42. The van der Waals surface area contributed by atoms with Crippen molar-refractivity contribution in [3.63, 3.8) is 0 Å². The van der Waals surface area contributed by atoms with Crippen molar-refractivity contribution in [1.82, 2.24) is 0 Å². The molecule has 2 atom stereocenters. The molecule has 0 saturated carbocycles. The SMILES string of the molecule is OCCC(O)C(O)c1cc(CO)ccc1F. The van der Waals surface area contributed by atoms with E-state index >= 15 is 0 Å². The predicted molar refractivity (Wildman–Crippen MR) is 55.0 cm³/mol. The maximum Gasteiger partial charge on any atom is 0.129 e. The molecule has 0 fully saturated rings. The summed E-state index contributed by atoms with van der Waals surface area (Å²) in [5.74, 6) is -0.651. The van der Waals surface area contributed by atoms with Crippen molar-refractivity contribution in [3.8, 4) is 0 Å². The van der Waals surface area contributed by atoms with Crippen LogP contribution in [0.5, 0.6) is 0 Å². The summed E-state index contributed by atoms with van der Waals surface area (Å²) in [7, 11) is 0. The molecule has 0 saturated heterocycles. The largest absolute Gasteiger partial charge is 0.396 e. The Morgan fingerprint density at radius 2 is 1.88 bits per heavy atom. The summed E-state index contributed by atoms with van der Waals surface area (Å²) in [6, 6.07) is 3.81. The molecule has 0 spiro atoms. The van der Waals surface area contributed by atoms with Crippen molar-refractivity contribution >= 4 is 0 Å². The number of benzene rings is 1. The van der Waals surface area contributed by atoms with Crippen molar-refractivity contribution in [1.29, 1.82) is 0 Å². The highest BCUT2D eigenvalue weighted by Crippen LogP contribution is 2.23. The summed E-state index contributed by atoms with van der Waals surface area (Å²) in [5, 5.41) is 36.5. The Morgan fingerprint density at radius 1 is 1.19 bits per heavy atom. The summed E-state index contributed by atoms with van der Waals surface area (Å²) in [6.45, 7) is -0.560. The Balaban J connectivity index is 2.92. The summed E-state index contributed by atoms with van der Waals surface area (Å²) >= 11 is 0. The second-order valence-electron chi connectivity index (χ2n) is 3.54. The van der Waals surface area contributed by atoms with Crippen molar-refractivity contribution in [2.45, 2.75) is 25.2 Å². The first kappa shape index (κ1) is 13.1. The summed E-state index contributed by atoms with van der Waals surface area (Å²) in [5.41, 5.74) is 0.374. The molecule has 90 valence electrons. The van der Waals surface area contributed by atoms with Gasteiger partial charge in [0.15, 0.2) is 0 Å². The average molecular weight is 230 g/mol. The van der Waals surface area contributed by atoms with Gasteiger partial charge in [-0.3, -0.25) is 0 Å². The molecular weight excluding hydrogens is 215 g/mol. The summed E-state index contributed by atoms with van der Waals surface area (Å²) < 4.78 is 13.3. The summed E-state index contributed by atoms with van der Waals surface area (Å²) in [4.78, 5) is 0. The van der Waals surface area contributed by atoms with Crippen molar-refractivity contribution in [3.05, 3.63) is 35.1 Å². The minimum Gasteiger partial charge on any atom is -0.396 e. The van der Waals surface area contributed by atoms with Gasteiger partial charge in [0.1, 0.15) is 11.9 Å². The zero-order valence-corrected chi connectivity index (χ0v) is 8.67. The molecule has 1 rings (SSSR count). The highest BCUT2D eigenvalue weighted by atomic mass is 19.1. The van der Waals surface area contributed by atoms with E-state index in [0.717, 1.165) is 6.07 Å². The Bertz CT molecular complexity index is 343. The smallest absolute Gasteiger partial charge is 0.129 e. The molecule has 0 aliphatic rings. The van der Waals surface area contributed by atoms with Crippen LogP contribution in [0.3, 0.4) is 0 Å². The van der Waals surface area contributed by atoms with E-state index in [2.05, 4.69) is 0 Å². The fourth-order valence-corrected chi connectivity index (χ4v) is 1.42. The number of halogens is 1. The quantitative estimate of drug-likeness (QED) is 0.578. The molecule has 4 nitrogen and oxygen atoms in total. The molecule has 0 aliphatic carbocycles. The molecule has 5 heteroatoms. The van der Waals surface area contributed by atoms with Crippen LogP contribution in [0.25, 0.3) is 0 Å². The van der Waals surface area contributed by atoms with Crippen LogP contribution in [0.4, 0.5) is 4.39 Å². The van der Waals surface area contributed by atoms with Gasteiger partial charge in [-0.2, -0.15) is 0 Å². The molecule has 0 amide bonds. The third kappa shape index (κ3) is 2.99. The predicted octanol–water partition coefficient (Wildman–Crippen LogP) is 0.0947. The van der Waals surface area contributed by atoms with Gasteiger partial charge in [0.05, 0.1) is 12.7 Å². The Labute approximate surface area is 92.6 Å². The molecule has 0 heterocycles. The zero-order valence-electron chi connectivity index (χ0n) is 8.67. The Hall–Kier alpha value is -1.01. The van der Waals surface area contributed by atoms with E-state index in [1.54, 1.807) is 0 Å². The molecule has 0 radical (unpaired) electrons. The van der Waals surface area contributed by atoms with Gasteiger partial charge < -0.3 is 20.4 Å². The van der Waals surface area contributed by atoms with Crippen molar-refractivity contribution in [2.75, 3.05) is 6.61 Å². The van der Waals surface area contributed by atoms with E-state index in [-0.39, 0.29) is 25.2 Å². The number of rotatable bonds is 5. The summed E-state index contributed by atoms with van der Waals surface area (Å²) in [6.07, 6.45) is -2.67. The minimum absolute atomic E-state index is 0.0377. The van der Waals surface area contributed by atoms with Gasteiger partial charge in [0, 0.05) is 12.2 Å². The second kappa shape index (κ2) is 5.91. The lowest BCUT2D eigenvalue weighted by molar-refractivity contribution is 0.00228. The van der Waals surface area contributed by atoms with Crippen LogP contribution in [-0.2, 0) is 6.61 Å². The molecule has 0 aromatic heterocycles. The molecule has 0 aliphatic heterocycles. The highest BCUT2D eigenvalue weighted by molar-refractivity contribution is 5.27. The Morgan fingerprint density at radius 3 is 2.44 bits per heavy atom. The first-order chi connectivity index (χ1) is 7.60. The molecule has 0 bridgehead atoms. The molecule has 1 aromatic carbocycles. The number of hydrogen-bond acceptors (Lipinski definition) is 4. The van der Waals surface area contributed by atoms with E-state index in [4.69, 9.17) is 10.2 Å². The molecule has 2 unspecified atom stereocenters. The van der Waals surface area contributed by atoms with Gasteiger partial charge in [-0.1, -0.05) is 6.07 Å². The lowest BCUT2D eigenvalue weighted by Gasteiger charge is -2.18. The van der Waals surface area contributed by atoms with Crippen LogP contribution in [0.2, 0.25) is 0 Å².